The predicted molar refractivity (Wildman–Crippen MR) is 94.8 cm³/mol. The summed E-state index contributed by atoms with van der Waals surface area (Å²) in [6.45, 7) is 13.1. The van der Waals surface area contributed by atoms with E-state index in [1.807, 2.05) is 0 Å². The Morgan fingerprint density at radius 2 is 1.48 bits per heavy atom. The average Bonchev–Trinajstić information content (AvgIpc) is 2.91. The van der Waals surface area contributed by atoms with E-state index in [1.54, 1.807) is 0 Å². The summed E-state index contributed by atoms with van der Waals surface area (Å²) in [5.41, 5.74) is 0. The second-order valence-electron chi connectivity index (χ2n) is 7.88. The minimum Gasteiger partial charge on any atom is -0.306 e. The molecule has 2 aliphatic heterocycles. The smallest absolute Gasteiger partial charge is 0.00900 e. The summed E-state index contributed by atoms with van der Waals surface area (Å²) in [5.74, 6) is 3.04. The quantitative estimate of drug-likeness (QED) is 0.703. The third-order valence-corrected chi connectivity index (χ3v) is 5.51. The van der Waals surface area contributed by atoms with Gasteiger partial charge in [0.25, 0.3) is 0 Å². The number of nitrogens with zero attached hydrogens (tertiary/aromatic N) is 2. The van der Waals surface area contributed by atoms with Crippen molar-refractivity contribution in [3.05, 3.63) is 0 Å². The molecule has 3 aliphatic rings. The van der Waals surface area contributed by atoms with Crippen LogP contribution in [0.2, 0.25) is 0 Å². The zero-order valence-electron chi connectivity index (χ0n) is 15.6. The topological polar surface area (TPSA) is 6.48 Å². The van der Waals surface area contributed by atoms with Gasteiger partial charge in [0.2, 0.25) is 0 Å². The van der Waals surface area contributed by atoms with Crippen LogP contribution in [0.25, 0.3) is 0 Å². The Hall–Kier alpha value is -0.0800. The summed E-state index contributed by atoms with van der Waals surface area (Å²) >= 11 is 0. The summed E-state index contributed by atoms with van der Waals surface area (Å²) in [6, 6.07) is 0.898. The lowest BCUT2D eigenvalue weighted by Gasteiger charge is -2.26. The van der Waals surface area contributed by atoms with Gasteiger partial charge >= 0.3 is 0 Å². The third kappa shape index (κ3) is 8.21. The van der Waals surface area contributed by atoms with Gasteiger partial charge in [0.15, 0.2) is 0 Å². The second kappa shape index (κ2) is 9.84. The summed E-state index contributed by atoms with van der Waals surface area (Å²) in [4.78, 5) is 4.87. The number of likely N-dealkylation sites (tertiary alicyclic amines) is 2. The van der Waals surface area contributed by atoms with Crippen LogP contribution in [-0.2, 0) is 0 Å². The van der Waals surface area contributed by atoms with Crippen LogP contribution in [0.1, 0.15) is 66.2 Å². The van der Waals surface area contributed by atoms with Crippen LogP contribution < -0.4 is 0 Å². The van der Waals surface area contributed by atoms with Crippen molar-refractivity contribution in [2.45, 2.75) is 72.3 Å². The van der Waals surface area contributed by atoms with E-state index in [4.69, 9.17) is 0 Å². The van der Waals surface area contributed by atoms with Crippen molar-refractivity contribution in [2.75, 3.05) is 33.7 Å². The minimum atomic E-state index is 0.898. The molecule has 126 valence electrons. The van der Waals surface area contributed by atoms with Crippen molar-refractivity contribution in [3.63, 3.8) is 0 Å². The third-order valence-electron chi connectivity index (χ3n) is 5.51. The highest BCUT2D eigenvalue weighted by molar-refractivity contribution is 4.76. The maximum Gasteiger partial charge on any atom is 0.00900 e. The van der Waals surface area contributed by atoms with Gasteiger partial charge < -0.3 is 9.80 Å². The lowest BCUT2D eigenvalue weighted by atomic mass is 10.0. The SMILES string of the molecule is CC1CC1C.CC1CCCN(C)C1.CCC1CCCN1C. The Bertz CT molecular complexity index is 252. The predicted octanol–water partition coefficient (Wildman–Crippen LogP) is 4.50. The molecular weight excluding hydrogens is 256 g/mol. The highest BCUT2D eigenvalue weighted by Gasteiger charge is 2.26. The van der Waals surface area contributed by atoms with Crippen LogP contribution >= 0.6 is 0 Å². The lowest BCUT2D eigenvalue weighted by Crippen LogP contribution is -2.30. The van der Waals surface area contributed by atoms with Crippen LogP contribution in [0, 0.1) is 17.8 Å². The summed E-state index contributed by atoms with van der Waals surface area (Å²) in [6.07, 6.45) is 8.47. The Balaban J connectivity index is 0.000000162. The van der Waals surface area contributed by atoms with E-state index in [0.29, 0.717) is 0 Å². The van der Waals surface area contributed by atoms with Crippen molar-refractivity contribution in [2.24, 2.45) is 17.8 Å². The first kappa shape index (κ1) is 19.0. The zero-order chi connectivity index (χ0) is 15.8. The molecule has 4 atom stereocenters. The molecule has 3 fully saturated rings. The number of hydrogen-bond donors (Lipinski definition) is 0. The Kier molecular flexibility index (Phi) is 8.89. The summed E-state index contributed by atoms with van der Waals surface area (Å²) < 4.78 is 0. The Morgan fingerprint density at radius 3 is 1.71 bits per heavy atom. The number of piperidine rings is 1. The van der Waals surface area contributed by atoms with Gasteiger partial charge in [-0.25, -0.2) is 0 Å². The fraction of sp³-hybridized carbons (Fsp3) is 1.00. The van der Waals surface area contributed by atoms with E-state index >= 15 is 0 Å². The molecule has 0 N–H and O–H groups in total. The highest BCUT2D eigenvalue weighted by atomic mass is 15.1. The van der Waals surface area contributed by atoms with Gasteiger partial charge in [-0.3, -0.25) is 0 Å². The molecular formula is C19H40N2. The molecule has 0 amide bonds. The first-order chi connectivity index (χ1) is 9.93. The van der Waals surface area contributed by atoms with Gasteiger partial charge in [0.05, 0.1) is 0 Å². The normalized spacial score (nSPS) is 36.3. The molecule has 0 bridgehead atoms. The van der Waals surface area contributed by atoms with Gasteiger partial charge in [-0.05, 0) is 83.5 Å². The highest BCUT2D eigenvalue weighted by Crippen LogP contribution is 2.36. The first-order valence-electron chi connectivity index (χ1n) is 9.32. The number of rotatable bonds is 1. The van der Waals surface area contributed by atoms with Crippen LogP contribution in [0.15, 0.2) is 0 Å². The molecule has 0 spiro atoms. The van der Waals surface area contributed by atoms with E-state index in [2.05, 4.69) is 51.6 Å². The van der Waals surface area contributed by atoms with Gasteiger partial charge in [-0.1, -0.05) is 27.7 Å². The molecule has 2 nitrogen and oxygen atoms in total. The Labute approximate surface area is 134 Å². The van der Waals surface area contributed by atoms with Crippen LogP contribution in [0.3, 0.4) is 0 Å². The molecule has 0 aromatic heterocycles. The van der Waals surface area contributed by atoms with Crippen LogP contribution in [-0.4, -0.2) is 49.6 Å². The van der Waals surface area contributed by atoms with Crippen molar-refractivity contribution < 1.29 is 0 Å². The maximum absolute atomic E-state index is 2.46. The van der Waals surface area contributed by atoms with Gasteiger partial charge in [-0.2, -0.15) is 0 Å². The van der Waals surface area contributed by atoms with E-state index in [1.165, 1.54) is 58.2 Å². The number of hydrogen-bond acceptors (Lipinski definition) is 2. The molecule has 1 saturated carbocycles. The lowest BCUT2D eigenvalue weighted by molar-refractivity contribution is 0.221. The molecule has 2 saturated heterocycles. The molecule has 3 rings (SSSR count). The average molecular weight is 297 g/mol. The van der Waals surface area contributed by atoms with Crippen LogP contribution in [0.4, 0.5) is 0 Å². The largest absolute Gasteiger partial charge is 0.306 e. The van der Waals surface area contributed by atoms with Crippen molar-refractivity contribution in [1.82, 2.24) is 9.80 Å². The van der Waals surface area contributed by atoms with Crippen molar-refractivity contribution in [3.8, 4) is 0 Å². The van der Waals surface area contributed by atoms with Crippen molar-refractivity contribution >= 4 is 0 Å². The monoisotopic (exact) mass is 296 g/mol. The molecule has 0 aromatic rings. The molecule has 2 heteroatoms. The molecule has 1 aliphatic carbocycles. The van der Waals surface area contributed by atoms with Gasteiger partial charge in [-0.15, -0.1) is 0 Å². The van der Waals surface area contributed by atoms with Crippen LogP contribution in [0.5, 0.6) is 0 Å². The fourth-order valence-electron chi connectivity index (χ4n) is 3.43. The van der Waals surface area contributed by atoms with E-state index < -0.39 is 0 Å². The van der Waals surface area contributed by atoms with E-state index in [0.717, 1.165) is 23.8 Å². The fourth-order valence-corrected chi connectivity index (χ4v) is 3.43. The van der Waals surface area contributed by atoms with Crippen molar-refractivity contribution in [1.29, 1.82) is 0 Å². The Morgan fingerprint density at radius 1 is 0.905 bits per heavy atom. The molecule has 4 unspecified atom stereocenters. The molecule has 0 radical (unpaired) electrons. The molecule has 2 heterocycles. The molecule has 21 heavy (non-hydrogen) atoms. The van der Waals surface area contributed by atoms with E-state index in [-0.39, 0.29) is 0 Å². The van der Waals surface area contributed by atoms with E-state index in [9.17, 15) is 0 Å². The summed E-state index contributed by atoms with van der Waals surface area (Å²) in [7, 11) is 4.43. The maximum atomic E-state index is 2.46. The van der Waals surface area contributed by atoms with Gasteiger partial charge in [0, 0.05) is 12.6 Å². The first-order valence-corrected chi connectivity index (χ1v) is 9.32. The zero-order valence-corrected chi connectivity index (χ0v) is 15.6. The molecule has 0 aromatic carbocycles. The standard InChI is InChI=1S/2C7H15N.C5H10/c1-7-4-3-5-8(2)6-7;1-3-7-5-4-6-8(7)2;1-4-3-5(4)2/h2*7H,3-6H2,1-2H3;4-5H,3H2,1-2H3. The minimum absolute atomic E-state index is 0.898. The second-order valence-corrected chi connectivity index (χ2v) is 7.88. The summed E-state index contributed by atoms with van der Waals surface area (Å²) in [5, 5.41) is 0. The van der Waals surface area contributed by atoms with Gasteiger partial charge in [0.1, 0.15) is 0 Å².